The van der Waals surface area contributed by atoms with Crippen LogP contribution in [0.1, 0.15) is 24.8 Å². The van der Waals surface area contributed by atoms with Crippen LogP contribution >= 0.6 is 0 Å². The number of benzene rings is 1. The number of halogens is 1. The first-order valence-electron chi connectivity index (χ1n) is 5.00. The molecule has 1 aromatic carbocycles. The predicted octanol–water partition coefficient (Wildman–Crippen LogP) is 2.45. The molecule has 0 spiro atoms. The van der Waals surface area contributed by atoms with Crippen molar-refractivity contribution < 1.29 is 9.18 Å². The highest BCUT2D eigenvalue weighted by Crippen LogP contribution is 2.57. The van der Waals surface area contributed by atoms with E-state index in [1.807, 2.05) is 6.07 Å². The Bertz CT molecular complexity index is 405. The van der Waals surface area contributed by atoms with E-state index < -0.39 is 0 Å². The van der Waals surface area contributed by atoms with E-state index in [4.69, 9.17) is 0 Å². The first-order chi connectivity index (χ1) is 6.71. The zero-order chi connectivity index (χ0) is 9.76. The number of ketones is 1. The predicted molar refractivity (Wildman–Crippen MR) is 50.4 cm³/mol. The van der Waals surface area contributed by atoms with Gasteiger partial charge in [0.25, 0.3) is 0 Å². The molecule has 0 aromatic heterocycles. The Hall–Kier alpha value is -1.18. The molecule has 2 bridgehead atoms. The van der Waals surface area contributed by atoms with Gasteiger partial charge in [0.15, 0.2) is 0 Å². The van der Waals surface area contributed by atoms with Crippen LogP contribution in [0, 0.1) is 11.7 Å². The van der Waals surface area contributed by atoms with Gasteiger partial charge in [-0.15, -0.1) is 0 Å². The molecule has 0 unspecified atom stereocenters. The standard InChI is InChI=1S/C12H11FO/c13-10-3-1-2-9(5-10)12-6-8(7-12)4-11(12)14/h1-3,5,8H,4,6-7H2. The molecule has 3 saturated carbocycles. The van der Waals surface area contributed by atoms with Gasteiger partial charge in [0, 0.05) is 6.42 Å². The summed E-state index contributed by atoms with van der Waals surface area (Å²) in [6.07, 6.45) is 2.58. The number of rotatable bonds is 1. The van der Waals surface area contributed by atoms with Crippen LogP contribution in [0.5, 0.6) is 0 Å². The summed E-state index contributed by atoms with van der Waals surface area (Å²) in [5, 5.41) is 0. The summed E-state index contributed by atoms with van der Waals surface area (Å²) in [5.74, 6) is 0.652. The number of fused-ring (bicyclic) bond motifs is 1. The average molecular weight is 190 g/mol. The smallest absolute Gasteiger partial charge is 0.143 e. The Morgan fingerprint density at radius 2 is 2.14 bits per heavy atom. The molecule has 3 fully saturated rings. The van der Waals surface area contributed by atoms with Gasteiger partial charge in [0.1, 0.15) is 11.6 Å². The molecule has 14 heavy (non-hydrogen) atoms. The zero-order valence-electron chi connectivity index (χ0n) is 7.79. The molecule has 3 aliphatic carbocycles. The Balaban J connectivity index is 2.07. The lowest BCUT2D eigenvalue weighted by Gasteiger charge is -2.37. The highest BCUT2D eigenvalue weighted by Gasteiger charge is 2.57. The highest BCUT2D eigenvalue weighted by atomic mass is 19.1. The van der Waals surface area contributed by atoms with Crippen molar-refractivity contribution in [1.29, 1.82) is 0 Å². The quantitative estimate of drug-likeness (QED) is 0.664. The van der Waals surface area contributed by atoms with Crippen molar-refractivity contribution in [3.63, 3.8) is 0 Å². The summed E-state index contributed by atoms with van der Waals surface area (Å²) in [6, 6.07) is 6.51. The van der Waals surface area contributed by atoms with Crippen LogP contribution in [0.15, 0.2) is 24.3 Å². The molecule has 1 nitrogen and oxygen atoms in total. The molecule has 2 heteroatoms. The van der Waals surface area contributed by atoms with Crippen LogP contribution in [-0.4, -0.2) is 5.78 Å². The maximum Gasteiger partial charge on any atom is 0.143 e. The fraction of sp³-hybridized carbons (Fsp3) is 0.417. The van der Waals surface area contributed by atoms with Crippen molar-refractivity contribution in [1.82, 2.24) is 0 Å². The van der Waals surface area contributed by atoms with Gasteiger partial charge in [-0.2, -0.15) is 0 Å². The second-order valence-corrected chi connectivity index (χ2v) is 4.49. The summed E-state index contributed by atoms with van der Waals surface area (Å²) in [5.41, 5.74) is 0.587. The minimum Gasteiger partial charge on any atom is -0.299 e. The van der Waals surface area contributed by atoms with Crippen LogP contribution < -0.4 is 0 Å². The fourth-order valence-electron chi connectivity index (χ4n) is 2.94. The van der Waals surface area contributed by atoms with E-state index in [9.17, 15) is 9.18 Å². The Morgan fingerprint density at radius 3 is 2.71 bits per heavy atom. The van der Waals surface area contributed by atoms with Crippen LogP contribution in [0.2, 0.25) is 0 Å². The number of Topliss-reactive ketones (excluding diaryl/α,β-unsaturated/α-hetero) is 1. The molecular formula is C12H11FO. The van der Waals surface area contributed by atoms with E-state index in [0.717, 1.165) is 18.4 Å². The van der Waals surface area contributed by atoms with Crippen molar-refractivity contribution in [3.05, 3.63) is 35.6 Å². The van der Waals surface area contributed by atoms with E-state index in [1.54, 1.807) is 6.07 Å². The lowest BCUT2D eigenvalue weighted by molar-refractivity contribution is -0.121. The van der Waals surface area contributed by atoms with Gasteiger partial charge in [-0.25, -0.2) is 4.39 Å². The molecule has 0 radical (unpaired) electrons. The molecule has 0 atom stereocenters. The molecule has 0 amide bonds. The van der Waals surface area contributed by atoms with E-state index in [1.165, 1.54) is 12.1 Å². The van der Waals surface area contributed by atoms with Crippen molar-refractivity contribution >= 4 is 5.78 Å². The van der Waals surface area contributed by atoms with Gasteiger partial charge in [0.2, 0.25) is 0 Å². The SMILES string of the molecule is O=C1CC2CC1(c1cccc(F)c1)C2. The lowest BCUT2D eigenvalue weighted by atomic mass is 9.65. The normalized spacial score (nSPS) is 34.4. The Kier molecular flexibility index (Phi) is 1.42. The van der Waals surface area contributed by atoms with E-state index >= 15 is 0 Å². The topological polar surface area (TPSA) is 17.1 Å². The van der Waals surface area contributed by atoms with Crippen molar-refractivity contribution in [2.45, 2.75) is 24.7 Å². The first kappa shape index (κ1) is 8.16. The molecule has 0 aliphatic heterocycles. The van der Waals surface area contributed by atoms with Gasteiger partial charge in [-0.1, -0.05) is 12.1 Å². The number of hydrogen-bond acceptors (Lipinski definition) is 1. The molecule has 0 heterocycles. The molecule has 4 rings (SSSR count). The van der Waals surface area contributed by atoms with Crippen LogP contribution in [-0.2, 0) is 10.2 Å². The van der Waals surface area contributed by atoms with Gasteiger partial charge in [-0.3, -0.25) is 4.79 Å². The van der Waals surface area contributed by atoms with Crippen LogP contribution in [0.3, 0.4) is 0 Å². The maximum atomic E-state index is 13.0. The molecule has 0 N–H and O–H groups in total. The second kappa shape index (κ2) is 2.44. The van der Waals surface area contributed by atoms with Crippen molar-refractivity contribution in [2.75, 3.05) is 0 Å². The van der Waals surface area contributed by atoms with E-state index in [-0.39, 0.29) is 11.2 Å². The second-order valence-electron chi connectivity index (χ2n) is 4.49. The van der Waals surface area contributed by atoms with Crippen molar-refractivity contribution in [3.8, 4) is 0 Å². The third-order valence-electron chi connectivity index (χ3n) is 3.66. The average Bonchev–Trinajstić information content (AvgIpc) is 2.56. The number of carbonyl (C=O) groups is 1. The molecular weight excluding hydrogens is 179 g/mol. The van der Waals surface area contributed by atoms with E-state index in [0.29, 0.717) is 18.1 Å². The van der Waals surface area contributed by atoms with Crippen molar-refractivity contribution in [2.24, 2.45) is 5.92 Å². The Morgan fingerprint density at radius 1 is 1.36 bits per heavy atom. The monoisotopic (exact) mass is 190 g/mol. The largest absolute Gasteiger partial charge is 0.299 e. The molecule has 3 aliphatic rings. The summed E-state index contributed by atoms with van der Waals surface area (Å²) in [6.45, 7) is 0. The molecule has 1 aromatic rings. The number of carbonyl (C=O) groups excluding carboxylic acids is 1. The highest BCUT2D eigenvalue weighted by molar-refractivity contribution is 5.95. The molecule has 72 valence electrons. The van der Waals surface area contributed by atoms with Gasteiger partial charge < -0.3 is 0 Å². The van der Waals surface area contributed by atoms with Crippen LogP contribution in [0.25, 0.3) is 0 Å². The van der Waals surface area contributed by atoms with Gasteiger partial charge >= 0.3 is 0 Å². The maximum absolute atomic E-state index is 13.0. The summed E-state index contributed by atoms with van der Waals surface area (Å²) in [4.78, 5) is 11.7. The van der Waals surface area contributed by atoms with Gasteiger partial charge in [0.05, 0.1) is 5.41 Å². The summed E-state index contributed by atoms with van der Waals surface area (Å²) < 4.78 is 13.0. The summed E-state index contributed by atoms with van der Waals surface area (Å²) >= 11 is 0. The summed E-state index contributed by atoms with van der Waals surface area (Å²) in [7, 11) is 0. The number of hydrogen-bond donors (Lipinski definition) is 0. The fourth-order valence-corrected chi connectivity index (χ4v) is 2.94. The minimum atomic E-state index is -0.299. The zero-order valence-corrected chi connectivity index (χ0v) is 7.79. The third kappa shape index (κ3) is 0.861. The van der Waals surface area contributed by atoms with E-state index in [2.05, 4.69) is 0 Å². The third-order valence-corrected chi connectivity index (χ3v) is 3.66. The van der Waals surface area contributed by atoms with Crippen LogP contribution in [0.4, 0.5) is 4.39 Å². The Labute approximate surface area is 81.9 Å². The van der Waals surface area contributed by atoms with Gasteiger partial charge in [-0.05, 0) is 36.5 Å². The lowest BCUT2D eigenvalue weighted by Crippen LogP contribution is -2.37. The minimum absolute atomic E-state index is 0.236. The first-order valence-corrected chi connectivity index (χ1v) is 5.00. The molecule has 0 saturated heterocycles.